The van der Waals surface area contributed by atoms with Crippen molar-refractivity contribution in [2.24, 2.45) is 0 Å². The lowest BCUT2D eigenvalue weighted by Gasteiger charge is -2.37. The van der Waals surface area contributed by atoms with Crippen LogP contribution in [0.15, 0.2) is 47.0 Å². The van der Waals surface area contributed by atoms with E-state index in [0.717, 1.165) is 5.56 Å². The van der Waals surface area contributed by atoms with Crippen LogP contribution in [-0.2, 0) is 0 Å². The molecule has 1 aliphatic rings. The van der Waals surface area contributed by atoms with Gasteiger partial charge in [0, 0.05) is 28.7 Å². The highest BCUT2D eigenvalue weighted by Gasteiger charge is 2.36. The fraction of sp³-hybridized carbons (Fsp3) is 0.167. The lowest BCUT2D eigenvalue weighted by molar-refractivity contribution is 0.0569. The number of hydrogen-bond acceptors (Lipinski definition) is 4. The molecule has 0 N–H and O–H groups in total. The monoisotopic (exact) mass is 407 g/mol. The van der Waals surface area contributed by atoms with Crippen LogP contribution in [0.2, 0.25) is 15.1 Å². The Kier molecular flexibility index (Phi) is 4.61. The summed E-state index contributed by atoms with van der Waals surface area (Å²) in [6, 6.07) is 12.1. The predicted molar refractivity (Wildman–Crippen MR) is 99.9 cm³/mol. The summed E-state index contributed by atoms with van der Waals surface area (Å²) in [5.41, 5.74) is 1.22. The molecule has 0 unspecified atom stereocenters. The second-order valence-electron chi connectivity index (χ2n) is 6.00. The fourth-order valence-electron chi connectivity index (χ4n) is 2.78. The summed E-state index contributed by atoms with van der Waals surface area (Å²) in [5, 5.41) is 5.44. The first kappa shape index (κ1) is 17.3. The molecule has 2 aromatic carbocycles. The van der Waals surface area contributed by atoms with E-state index in [1.54, 1.807) is 35.2 Å². The molecule has 4 rings (SSSR count). The summed E-state index contributed by atoms with van der Waals surface area (Å²) in [5.74, 6) is 0.849. The molecule has 0 spiro atoms. The fourth-order valence-corrected chi connectivity index (χ4v) is 3.46. The van der Waals surface area contributed by atoms with Crippen molar-refractivity contribution in [1.82, 2.24) is 15.0 Å². The van der Waals surface area contributed by atoms with E-state index >= 15 is 0 Å². The van der Waals surface area contributed by atoms with E-state index < -0.39 is 0 Å². The molecule has 8 heteroatoms. The number of likely N-dealkylation sites (tertiary alicyclic amines) is 1. The van der Waals surface area contributed by atoms with Crippen molar-refractivity contribution in [1.29, 1.82) is 0 Å². The van der Waals surface area contributed by atoms with Crippen LogP contribution >= 0.6 is 34.8 Å². The van der Waals surface area contributed by atoms with Crippen LogP contribution < -0.4 is 0 Å². The molecule has 1 aliphatic heterocycles. The van der Waals surface area contributed by atoms with Gasteiger partial charge in [0.25, 0.3) is 5.91 Å². The van der Waals surface area contributed by atoms with Gasteiger partial charge < -0.3 is 9.42 Å². The number of nitrogens with zero attached hydrogens (tertiary/aromatic N) is 3. The smallest absolute Gasteiger partial charge is 0.255 e. The van der Waals surface area contributed by atoms with Crippen molar-refractivity contribution in [2.45, 2.75) is 5.92 Å². The molecule has 1 aromatic heterocycles. The molecule has 3 aromatic rings. The number of aromatic nitrogens is 2. The molecule has 132 valence electrons. The summed E-state index contributed by atoms with van der Waals surface area (Å²) < 4.78 is 5.35. The summed E-state index contributed by atoms with van der Waals surface area (Å²) >= 11 is 18.0. The lowest BCUT2D eigenvalue weighted by atomic mass is 9.98. The Balaban J connectivity index is 1.44. The van der Waals surface area contributed by atoms with Gasteiger partial charge in [-0.05, 0) is 30.3 Å². The molecule has 0 atom stereocenters. The average molecular weight is 409 g/mol. The SMILES string of the molecule is O=C(c1ccc(Cl)cc1Cl)N1CC(c2nc(-c3cccc(Cl)c3)no2)C1. The van der Waals surface area contributed by atoms with Gasteiger partial charge >= 0.3 is 0 Å². The van der Waals surface area contributed by atoms with E-state index in [4.69, 9.17) is 39.3 Å². The van der Waals surface area contributed by atoms with E-state index in [2.05, 4.69) is 10.1 Å². The number of hydrogen-bond donors (Lipinski definition) is 0. The number of carbonyl (C=O) groups excluding carboxylic acids is 1. The van der Waals surface area contributed by atoms with Crippen molar-refractivity contribution in [3.63, 3.8) is 0 Å². The third-order valence-electron chi connectivity index (χ3n) is 4.20. The van der Waals surface area contributed by atoms with E-state index in [-0.39, 0.29) is 11.8 Å². The van der Waals surface area contributed by atoms with Crippen LogP contribution in [0.5, 0.6) is 0 Å². The Hall–Kier alpha value is -2.08. The van der Waals surface area contributed by atoms with Gasteiger partial charge in [-0.1, -0.05) is 52.1 Å². The first-order valence-corrected chi connectivity index (χ1v) is 8.98. The molecular formula is C18H12Cl3N3O2. The first-order valence-electron chi connectivity index (χ1n) is 7.85. The molecule has 5 nitrogen and oxygen atoms in total. The van der Waals surface area contributed by atoms with E-state index in [9.17, 15) is 4.79 Å². The minimum absolute atomic E-state index is 0.00506. The third-order valence-corrected chi connectivity index (χ3v) is 4.99. The van der Waals surface area contributed by atoms with Gasteiger partial charge in [0.15, 0.2) is 0 Å². The second-order valence-corrected chi connectivity index (χ2v) is 7.28. The molecule has 2 heterocycles. The minimum Gasteiger partial charge on any atom is -0.339 e. The van der Waals surface area contributed by atoms with E-state index in [1.165, 1.54) is 0 Å². The summed E-state index contributed by atoms with van der Waals surface area (Å²) in [4.78, 5) is 18.6. The van der Waals surface area contributed by atoms with Crippen LogP contribution in [0.4, 0.5) is 0 Å². The summed E-state index contributed by atoms with van der Waals surface area (Å²) in [7, 11) is 0. The van der Waals surface area contributed by atoms with Gasteiger partial charge in [-0.25, -0.2) is 0 Å². The molecular weight excluding hydrogens is 397 g/mol. The Morgan fingerprint density at radius 1 is 1.08 bits per heavy atom. The van der Waals surface area contributed by atoms with Gasteiger partial charge in [-0.2, -0.15) is 4.98 Å². The molecule has 0 aliphatic carbocycles. The average Bonchev–Trinajstić information content (AvgIpc) is 3.03. The molecule has 0 bridgehead atoms. The molecule has 1 saturated heterocycles. The van der Waals surface area contributed by atoms with Gasteiger partial charge in [0.1, 0.15) is 0 Å². The van der Waals surface area contributed by atoms with Crippen molar-refractivity contribution < 1.29 is 9.32 Å². The van der Waals surface area contributed by atoms with Crippen molar-refractivity contribution in [2.75, 3.05) is 13.1 Å². The van der Waals surface area contributed by atoms with Crippen molar-refractivity contribution >= 4 is 40.7 Å². The van der Waals surface area contributed by atoms with Gasteiger partial charge in [-0.3, -0.25) is 4.79 Å². The molecule has 0 saturated carbocycles. The maximum absolute atomic E-state index is 12.5. The minimum atomic E-state index is -0.141. The Bertz CT molecular complexity index is 983. The Morgan fingerprint density at radius 3 is 2.58 bits per heavy atom. The Labute approximate surface area is 164 Å². The maximum Gasteiger partial charge on any atom is 0.255 e. The largest absolute Gasteiger partial charge is 0.339 e. The molecule has 0 radical (unpaired) electrons. The number of amides is 1. The first-order chi connectivity index (χ1) is 12.5. The zero-order chi connectivity index (χ0) is 18.3. The standard InChI is InChI=1S/C18H12Cl3N3O2/c19-12-3-1-2-10(6-12)16-22-17(26-23-16)11-8-24(9-11)18(25)14-5-4-13(20)7-15(14)21/h1-7,11H,8-9H2. The molecule has 1 fully saturated rings. The number of rotatable bonds is 3. The van der Waals surface area contributed by atoms with Crippen molar-refractivity contribution in [3.8, 4) is 11.4 Å². The normalized spacial score (nSPS) is 14.3. The Morgan fingerprint density at radius 2 is 1.85 bits per heavy atom. The quantitative estimate of drug-likeness (QED) is 0.616. The summed E-state index contributed by atoms with van der Waals surface area (Å²) in [6.07, 6.45) is 0. The molecule has 1 amide bonds. The van der Waals surface area contributed by atoms with Crippen molar-refractivity contribution in [3.05, 3.63) is 69.0 Å². The van der Waals surface area contributed by atoms with Crippen LogP contribution in [0, 0.1) is 0 Å². The number of benzene rings is 2. The lowest BCUT2D eigenvalue weighted by Crippen LogP contribution is -2.48. The zero-order valence-electron chi connectivity index (χ0n) is 13.3. The highest BCUT2D eigenvalue weighted by Crippen LogP contribution is 2.31. The third kappa shape index (κ3) is 3.30. The van der Waals surface area contributed by atoms with E-state index in [1.807, 2.05) is 12.1 Å². The predicted octanol–water partition coefficient (Wildman–Crippen LogP) is 4.94. The highest BCUT2D eigenvalue weighted by molar-refractivity contribution is 6.36. The topological polar surface area (TPSA) is 59.2 Å². The van der Waals surface area contributed by atoms with Gasteiger partial charge in [0.05, 0.1) is 16.5 Å². The maximum atomic E-state index is 12.5. The van der Waals surface area contributed by atoms with Crippen LogP contribution in [-0.4, -0.2) is 34.0 Å². The second kappa shape index (κ2) is 6.91. The zero-order valence-corrected chi connectivity index (χ0v) is 15.6. The van der Waals surface area contributed by atoms with E-state index in [0.29, 0.717) is 45.4 Å². The number of carbonyl (C=O) groups is 1. The number of halogens is 3. The van der Waals surface area contributed by atoms with Crippen LogP contribution in [0.3, 0.4) is 0 Å². The summed E-state index contributed by atoms with van der Waals surface area (Å²) in [6.45, 7) is 0.990. The van der Waals surface area contributed by atoms with Gasteiger partial charge in [0.2, 0.25) is 11.7 Å². The van der Waals surface area contributed by atoms with Gasteiger partial charge in [-0.15, -0.1) is 0 Å². The van der Waals surface area contributed by atoms with Crippen LogP contribution in [0.25, 0.3) is 11.4 Å². The van der Waals surface area contributed by atoms with Crippen LogP contribution in [0.1, 0.15) is 22.2 Å². The highest BCUT2D eigenvalue weighted by atomic mass is 35.5. The molecule has 26 heavy (non-hydrogen) atoms.